The molecule has 2 aromatic carbocycles. The number of piperazine rings is 1. The summed E-state index contributed by atoms with van der Waals surface area (Å²) in [6.45, 7) is 2.73. The quantitative estimate of drug-likeness (QED) is 0.708. The number of benzene rings is 2. The molecule has 0 amide bonds. The Bertz CT molecular complexity index is 879. The van der Waals surface area contributed by atoms with Gasteiger partial charge in [0.25, 0.3) is 0 Å². The molecule has 3 aliphatic rings. The van der Waals surface area contributed by atoms with Gasteiger partial charge in [0.15, 0.2) is 5.78 Å². The smallest absolute Gasteiger partial charge is 0.327 e. The van der Waals surface area contributed by atoms with E-state index in [1.807, 2.05) is 60.7 Å². The summed E-state index contributed by atoms with van der Waals surface area (Å²) >= 11 is 0. The van der Waals surface area contributed by atoms with E-state index in [0.717, 1.165) is 37.1 Å². The van der Waals surface area contributed by atoms with Crippen molar-refractivity contribution in [1.82, 2.24) is 15.5 Å². The van der Waals surface area contributed by atoms with Crippen LogP contribution in [0.15, 0.2) is 60.7 Å². The van der Waals surface area contributed by atoms with E-state index >= 15 is 0 Å². The third kappa shape index (κ3) is 3.68. The first-order chi connectivity index (χ1) is 14.7. The molecule has 31 heavy (non-hydrogen) atoms. The van der Waals surface area contributed by atoms with Crippen molar-refractivity contribution in [2.45, 2.75) is 30.7 Å². The zero-order chi connectivity index (χ0) is 20.6. The maximum Gasteiger partial charge on any atom is 0.327 e. The number of halogens is 1. The second kappa shape index (κ2) is 9.09. The number of cyclic esters (lactones) is 1. The minimum atomic E-state index is -1.10. The molecule has 164 valence electrons. The summed E-state index contributed by atoms with van der Waals surface area (Å²) < 4.78 is 6.22. The van der Waals surface area contributed by atoms with Crippen LogP contribution in [0.2, 0.25) is 0 Å². The molecule has 0 spiro atoms. The molecule has 0 aromatic heterocycles. The van der Waals surface area contributed by atoms with Gasteiger partial charge in [-0.1, -0.05) is 60.7 Å². The van der Waals surface area contributed by atoms with Crippen molar-refractivity contribution in [3.05, 3.63) is 71.8 Å². The van der Waals surface area contributed by atoms with E-state index in [1.54, 1.807) is 0 Å². The van der Waals surface area contributed by atoms with E-state index in [1.165, 1.54) is 0 Å². The predicted molar refractivity (Wildman–Crippen MR) is 120 cm³/mol. The van der Waals surface area contributed by atoms with Gasteiger partial charge in [-0.05, 0) is 25.9 Å². The van der Waals surface area contributed by atoms with Gasteiger partial charge in [0, 0.05) is 30.1 Å². The second-order valence-corrected chi connectivity index (χ2v) is 8.32. The van der Waals surface area contributed by atoms with Crippen molar-refractivity contribution in [2.24, 2.45) is 5.92 Å². The molecular formula is C24H28ClN3O3. The molecule has 3 fully saturated rings. The van der Waals surface area contributed by atoms with Crippen molar-refractivity contribution < 1.29 is 14.3 Å². The molecule has 0 radical (unpaired) electrons. The van der Waals surface area contributed by atoms with E-state index in [0.29, 0.717) is 13.1 Å². The second-order valence-electron chi connectivity index (χ2n) is 8.32. The van der Waals surface area contributed by atoms with Crippen molar-refractivity contribution in [3.63, 3.8) is 0 Å². The van der Waals surface area contributed by atoms with E-state index in [9.17, 15) is 9.59 Å². The minimum Gasteiger partial charge on any atom is -0.434 e. The van der Waals surface area contributed by atoms with E-state index < -0.39 is 17.8 Å². The summed E-state index contributed by atoms with van der Waals surface area (Å²) in [5.74, 6) is -0.0574. The maximum absolute atomic E-state index is 13.7. The summed E-state index contributed by atoms with van der Waals surface area (Å²) in [5.41, 5.74) is 0.647. The summed E-state index contributed by atoms with van der Waals surface area (Å²) in [6, 6.07) is 18.7. The first-order valence-corrected chi connectivity index (χ1v) is 10.8. The molecule has 6 nitrogen and oxygen atoms in total. The number of hydrogen-bond donors (Lipinski definition) is 2. The molecule has 5 rings (SSSR count). The van der Waals surface area contributed by atoms with Gasteiger partial charge in [-0.25, -0.2) is 4.90 Å². The Balaban J connectivity index is 0.00000231. The number of ketones is 1. The number of carbonyl (C=O) groups is 2. The number of hydrogen-bond acceptors (Lipinski definition) is 6. The Kier molecular flexibility index (Phi) is 6.44. The summed E-state index contributed by atoms with van der Waals surface area (Å²) in [4.78, 5) is 28.8. The van der Waals surface area contributed by atoms with E-state index in [4.69, 9.17) is 4.74 Å². The Hall–Kier alpha value is -2.25. The highest BCUT2D eigenvalue weighted by atomic mass is 35.5. The van der Waals surface area contributed by atoms with Crippen molar-refractivity contribution in [3.8, 4) is 0 Å². The number of ether oxygens (including phenoxy) is 1. The zero-order valence-corrected chi connectivity index (χ0v) is 18.1. The normalized spacial score (nSPS) is 25.9. The maximum atomic E-state index is 13.7. The van der Waals surface area contributed by atoms with Crippen LogP contribution in [-0.4, -0.2) is 54.9 Å². The van der Waals surface area contributed by atoms with Crippen molar-refractivity contribution in [2.75, 3.05) is 26.2 Å². The first kappa shape index (κ1) is 22.0. The van der Waals surface area contributed by atoms with Crippen LogP contribution in [0.1, 0.15) is 24.0 Å². The number of piperidine rings is 1. The predicted octanol–water partition coefficient (Wildman–Crippen LogP) is 2.08. The molecule has 7 heteroatoms. The topological polar surface area (TPSA) is 70.7 Å². The highest BCUT2D eigenvalue weighted by Crippen LogP contribution is 2.46. The lowest BCUT2D eigenvalue weighted by Gasteiger charge is -2.45. The van der Waals surface area contributed by atoms with Crippen LogP contribution in [-0.2, 0) is 20.1 Å². The SMILES string of the molecule is Cl.O=C1OC(c2ccccc2)(c2ccccc2)N2C1CNCC2C(=O)C1CCNCC1. The van der Waals surface area contributed by atoms with Gasteiger partial charge >= 0.3 is 5.97 Å². The zero-order valence-electron chi connectivity index (χ0n) is 17.3. The highest BCUT2D eigenvalue weighted by molar-refractivity contribution is 5.89. The van der Waals surface area contributed by atoms with E-state index in [2.05, 4.69) is 15.5 Å². The molecule has 3 saturated heterocycles. The third-order valence-electron chi connectivity index (χ3n) is 6.63. The molecule has 0 saturated carbocycles. The molecular weight excluding hydrogens is 414 g/mol. The molecule has 2 N–H and O–H groups in total. The first-order valence-electron chi connectivity index (χ1n) is 10.8. The average Bonchev–Trinajstić information content (AvgIpc) is 3.14. The molecule has 3 heterocycles. The van der Waals surface area contributed by atoms with Crippen LogP contribution in [0, 0.1) is 5.92 Å². The van der Waals surface area contributed by atoms with Crippen LogP contribution in [0.5, 0.6) is 0 Å². The number of fused-ring (bicyclic) bond motifs is 1. The fraction of sp³-hybridized carbons (Fsp3) is 0.417. The van der Waals surface area contributed by atoms with Gasteiger partial charge in [-0.2, -0.15) is 0 Å². The van der Waals surface area contributed by atoms with Gasteiger partial charge in [0.05, 0.1) is 6.04 Å². The van der Waals surface area contributed by atoms with Crippen LogP contribution in [0.25, 0.3) is 0 Å². The van der Waals surface area contributed by atoms with Gasteiger partial charge in [-0.15, -0.1) is 12.4 Å². The molecule has 0 bridgehead atoms. The Morgan fingerprint density at radius 3 is 2.06 bits per heavy atom. The van der Waals surface area contributed by atoms with Crippen molar-refractivity contribution in [1.29, 1.82) is 0 Å². The molecule has 3 aliphatic heterocycles. The van der Waals surface area contributed by atoms with E-state index in [-0.39, 0.29) is 30.1 Å². The monoisotopic (exact) mass is 441 g/mol. The Labute approximate surface area is 188 Å². The van der Waals surface area contributed by atoms with Crippen LogP contribution < -0.4 is 10.6 Å². The lowest BCUT2D eigenvalue weighted by atomic mass is 9.84. The summed E-state index contributed by atoms with van der Waals surface area (Å²) in [6.07, 6.45) is 1.68. The number of carbonyl (C=O) groups excluding carboxylic acids is 2. The summed E-state index contributed by atoms with van der Waals surface area (Å²) in [5, 5.41) is 6.65. The molecule has 0 aliphatic carbocycles. The summed E-state index contributed by atoms with van der Waals surface area (Å²) in [7, 11) is 0. The largest absolute Gasteiger partial charge is 0.434 e. The lowest BCUT2D eigenvalue weighted by molar-refractivity contribution is -0.153. The molecule has 2 aromatic rings. The van der Waals surface area contributed by atoms with Crippen LogP contribution in [0.3, 0.4) is 0 Å². The average molecular weight is 442 g/mol. The third-order valence-corrected chi connectivity index (χ3v) is 6.63. The fourth-order valence-electron chi connectivity index (χ4n) is 5.20. The number of Topliss-reactive ketones (excluding diaryl/α,β-unsaturated/α-hetero) is 1. The van der Waals surface area contributed by atoms with Gasteiger partial charge < -0.3 is 15.4 Å². The highest BCUT2D eigenvalue weighted by Gasteiger charge is 2.60. The minimum absolute atomic E-state index is 0. The standard InChI is InChI=1S/C24H27N3O3.ClH/c28-22(17-11-13-25-14-12-17)20-15-26-16-21-23(29)30-24(27(20)21,18-7-3-1-4-8-18)19-9-5-2-6-10-19;/h1-10,17,20-21,25-26H,11-16H2;1H. The van der Waals surface area contributed by atoms with Gasteiger partial charge in [-0.3, -0.25) is 9.59 Å². The Morgan fingerprint density at radius 2 is 1.48 bits per heavy atom. The van der Waals surface area contributed by atoms with Gasteiger partial charge in [0.2, 0.25) is 5.72 Å². The molecule has 2 unspecified atom stereocenters. The number of nitrogens with zero attached hydrogens (tertiary/aromatic N) is 1. The van der Waals surface area contributed by atoms with Crippen molar-refractivity contribution >= 4 is 24.2 Å². The van der Waals surface area contributed by atoms with Crippen LogP contribution >= 0.6 is 12.4 Å². The number of rotatable bonds is 4. The Morgan fingerprint density at radius 1 is 0.903 bits per heavy atom. The fourth-order valence-corrected chi connectivity index (χ4v) is 5.20. The molecule has 2 atom stereocenters. The number of esters is 1. The van der Waals surface area contributed by atoms with Crippen LogP contribution in [0.4, 0.5) is 0 Å². The van der Waals surface area contributed by atoms with Gasteiger partial charge in [0.1, 0.15) is 6.04 Å². The number of nitrogens with one attached hydrogen (secondary N) is 2. The lowest BCUT2D eigenvalue weighted by Crippen LogP contribution is -2.65.